The van der Waals surface area contributed by atoms with Crippen LogP contribution in [0.2, 0.25) is 0 Å². The first kappa shape index (κ1) is 17.4. The van der Waals surface area contributed by atoms with E-state index in [0.717, 1.165) is 44.2 Å². The molecule has 5 heterocycles. The van der Waals surface area contributed by atoms with Gasteiger partial charge in [-0.1, -0.05) is 29.0 Å². The summed E-state index contributed by atoms with van der Waals surface area (Å²) in [7, 11) is -0.972. The van der Waals surface area contributed by atoms with E-state index in [1.165, 1.54) is 21.4 Å². The van der Waals surface area contributed by atoms with Crippen molar-refractivity contribution in [3.8, 4) is 0 Å². The Morgan fingerprint density at radius 1 is 0.697 bits per heavy atom. The second-order valence-electron chi connectivity index (χ2n) is 8.36. The second-order valence-corrected chi connectivity index (χ2v) is 10.2. The van der Waals surface area contributed by atoms with Crippen LogP contribution in [0.3, 0.4) is 0 Å². The van der Waals surface area contributed by atoms with E-state index in [2.05, 4.69) is 81.9 Å². The highest BCUT2D eigenvalue weighted by Gasteiger charge is 2.30. The number of nitrogens with zero attached hydrogens (tertiary/aromatic N) is 2. The maximum Gasteiger partial charge on any atom is 0.451 e. The molecule has 154 valence electrons. The number of pyridine rings is 2. The van der Waals surface area contributed by atoms with E-state index in [4.69, 9.17) is 8.83 Å². The lowest BCUT2D eigenvalue weighted by Crippen LogP contribution is -2.25. The first-order chi connectivity index (χ1) is 16.3. The Morgan fingerprint density at radius 2 is 1.45 bits per heavy atom. The highest BCUT2D eigenvalue weighted by Crippen LogP contribution is 2.45. The molecule has 4 nitrogen and oxygen atoms in total. The minimum atomic E-state index is -0.972. The molecule has 0 aliphatic rings. The largest absolute Gasteiger partial charge is 0.456 e. The van der Waals surface area contributed by atoms with Crippen molar-refractivity contribution in [2.45, 2.75) is 0 Å². The molecule has 5 aromatic heterocycles. The molecule has 0 saturated heterocycles. The van der Waals surface area contributed by atoms with Crippen LogP contribution in [0.25, 0.3) is 66.1 Å². The molecule has 8 aromatic rings. The van der Waals surface area contributed by atoms with Crippen LogP contribution in [-0.2, 0) is 0 Å². The van der Waals surface area contributed by atoms with E-state index in [-0.39, 0.29) is 0 Å². The van der Waals surface area contributed by atoms with E-state index in [9.17, 15) is 0 Å². The highest BCUT2D eigenvalue weighted by molar-refractivity contribution is 7.38. The van der Waals surface area contributed by atoms with E-state index < -0.39 is 7.66 Å². The molecule has 33 heavy (non-hydrogen) atoms. The van der Waals surface area contributed by atoms with Crippen molar-refractivity contribution in [3.05, 3.63) is 97.3 Å². The predicted octanol–water partition coefficient (Wildman–Crippen LogP) is 7.04. The second kappa shape index (κ2) is 6.00. The fourth-order valence-electron chi connectivity index (χ4n) is 5.37. The fourth-order valence-corrected chi connectivity index (χ4v) is 7.91. The lowest BCUT2D eigenvalue weighted by molar-refractivity contribution is -0.515. The maximum absolute atomic E-state index is 6.62. The van der Waals surface area contributed by atoms with E-state index in [0.29, 0.717) is 0 Å². The fraction of sp³-hybridized carbons (Fsp3) is 0. The standard InChI is InChI=1S/C28H17N2O2P/c1-2-18-21-12-9-17-10-13-22-26(25(17)18)27-23(31-22)14-11-19-20-7-3-5-15-29(20)33(28(19)27)30-16-6-4-8-24(30)32-21/h2-16H,1H2/q+2. The van der Waals surface area contributed by atoms with Gasteiger partial charge in [0.15, 0.2) is 17.5 Å². The van der Waals surface area contributed by atoms with Crippen molar-refractivity contribution in [2.75, 3.05) is 0 Å². The molecule has 2 bridgehead atoms. The minimum Gasteiger partial charge on any atom is -0.456 e. The van der Waals surface area contributed by atoms with Gasteiger partial charge in [0.1, 0.15) is 16.7 Å². The Labute approximate surface area is 188 Å². The van der Waals surface area contributed by atoms with Crippen LogP contribution in [-0.4, -0.2) is 0 Å². The van der Waals surface area contributed by atoms with Crippen LogP contribution >= 0.6 is 7.66 Å². The summed E-state index contributed by atoms with van der Waals surface area (Å²) in [6, 6.07) is 25.2. The SMILES string of the molecule is C=Cc1c2ccc3ccc4oc5ccc6c7cccc[n+]7p(c6c5c4c13)[n+]1ccccc1o2. The molecule has 1 atom stereocenters. The summed E-state index contributed by atoms with van der Waals surface area (Å²) in [5.74, 6) is 0. The maximum atomic E-state index is 6.62. The van der Waals surface area contributed by atoms with E-state index in [1.54, 1.807) is 0 Å². The Balaban J connectivity index is 1.92. The summed E-state index contributed by atoms with van der Waals surface area (Å²) in [6.07, 6.45) is 6.20. The Morgan fingerprint density at radius 3 is 2.33 bits per heavy atom. The van der Waals surface area contributed by atoms with Gasteiger partial charge in [-0.2, -0.15) is 0 Å². The predicted molar refractivity (Wildman–Crippen MR) is 133 cm³/mol. The van der Waals surface area contributed by atoms with Crippen LogP contribution in [0, 0.1) is 0 Å². The number of hydrogen-bond acceptors (Lipinski definition) is 2. The molecule has 0 radical (unpaired) electrons. The third kappa shape index (κ3) is 2.07. The van der Waals surface area contributed by atoms with Gasteiger partial charge in [0.2, 0.25) is 5.52 Å². The van der Waals surface area contributed by atoms with Gasteiger partial charge in [-0.05, 0) is 41.8 Å². The Kier molecular flexibility index (Phi) is 3.17. The Hall–Kier alpha value is -4.14. The van der Waals surface area contributed by atoms with Gasteiger partial charge in [-0.3, -0.25) is 0 Å². The lowest BCUT2D eigenvalue weighted by atomic mass is 9.98. The molecule has 0 fully saturated rings. The zero-order valence-electron chi connectivity index (χ0n) is 17.5. The van der Waals surface area contributed by atoms with Gasteiger partial charge in [0.25, 0.3) is 0 Å². The van der Waals surface area contributed by atoms with Gasteiger partial charge in [-0.15, -0.1) is 4.16 Å². The van der Waals surface area contributed by atoms with Gasteiger partial charge >= 0.3 is 13.4 Å². The monoisotopic (exact) mass is 444 g/mol. The summed E-state index contributed by atoms with van der Waals surface area (Å²) >= 11 is 0. The highest BCUT2D eigenvalue weighted by atomic mass is 31.1. The van der Waals surface area contributed by atoms with Crippen LogP contribution in [0.4, 0.5) is 0 Å². The molecule has 5 heteroatoms. The van der Waals surface area contributed by atoms with E-state index >= 15 is 0 Å². The van der Waals surface area contributed by atoms with Gasteiger partial charge in [0.05, 0.1) is 16.8 Å². The number of rotatable bonds is 1. The zero-order valence-corrected chi connectivity index (χ0v) is 18.4. The topological polar surface area (TPSA) is 34.5 Å². The van der Waals surface area contributed by atoms with Crippen LogP contribution in [0.15, 0.2) is 101 Å². The summed E-state index contributed by atoms with van der Waals surface area (Å²) in [5.41, 5.74) is 5.60. The molecule has 0 aliphatic carbocycles. The number of aromatic nitrogens is 2. The molecule has 1 unspecified atom stereocenters. The van der Waals surface area contributed by atoms with Crippen LogP contribution < -0.4 is 8.33 Å². The molecule has 8 rings (SSSR count). The molecular formula is C28H17N2O2P+2. The average Bonchev–Trinajstić information content (AvgIpc) is 3.39. The van der Waals surface area contributed by atoms with Crippen molar-refractivity contribution in [1.29, 1.82) is 0 Å². The number of fused-ring (bicyclic) bond motifs is 6. The minimum absolute atomic E-state index is 0.798. The molecule has 0 aliphatic heterocycles. The van der Waals surface area contributed by atoms with E-state index in [1.807, 2.05) is 24.3 Å². The molecule has 3 aromatic carbocycles. The van der Waals surface area contributed by atoms with Crippen LogP contribution in [0.5, 0.6) is 0 Å². The average molecular weight is 444 g/mol. The summed E-state index contributed by atoms with van der Waals surface area (Å²) in [4.78, 5) is 0. The molecule has 0 amide bonds. The van der Waals surface area contributed by atoms with Crippen molar-refractivity contribution in [2.24, 2.45) is 0 Å². The van der Waals surface area contributed by atoms with Crippen molar-refractivity contribution >= 4 is 73.8 Å². The van der Waals surface area contributed by atoms with Crippen molar-refractivity contribution < 1.29 is 17.2 Å². The third-order valence-corrected chi connectivity index (χ3v) is 9.06. The van der Waals surface area contributed by atoms with Crippen molar-refractivity contribution in [1.82, 2.24) is 0 Å². The van der Waals surface area contributed by atoms with Gasteiger partial charge in [0, 0.05) is 34.5 Å². The van der Waals surface area contributed by atoms with Gasteiger partial charge < -0.3 is 8.83 Å². The van der Waals surface area contributed by atoms with Gasteiger partial charge in [-0.25, -0.2) is 0 Å². The van der Waals surface area contributed by atoms with Crippen molar-refractivity contribution in [3.63, 3.8) is 0 Å². The molecular weight excluding hydrogens is 427 g/mol. The quantitative estimate of drug-likeness (QED) is 0.272. The molecule has 0 spiro atoms. The molecule has 0 N–H and O–H groups in total. The smallest absolute Gasteiger partial charge is 0.451 e. The zero-order chi connectivity index (χ0) is 21.7. The third-order valence-electron chi connectivity index (χ3n) is 6.70. The number of hydrogen-bond donors (Lipinski definition) is 0. The summed E-state index contributed by atoms with van der Waals surface area (Å²) < 4.78 is 17.7. The van der Waals surface area contributed by atoms with Crippen LogP contribution in [0.1, 0.15) is 5.56 Å². The first-order valence-corrected chi connectivity index (χ1v) is 12.2. The summed E-state index contributed by atoms with van der Waals surface area (Å²) in [6.45, 7) is 4.15. The Bertz CT molecular complexity index is 2110. The number of furan rings is 1. The first-order valence-electron chi connectivity index (χ1n) is 10.9. The number of benzene rings is 3. The normalized spacial score (nSPS) is 12.9. The lowest BCUT2D eigenvalue weighted by Gasteiger charge is -2.06. The summed E-state index contributed by atoms with van der Waals surface area (Å²) in [5, 5.41) is 7.15. The molecule has 0 saturated carbocycles.